The first-order chi connectivity index (χ1) is 9.70. The molecule has 108 valence electrons. The molecule has 1 heterocycles. The van der Waals surface area contributed by atoms with Crippen LogP contribution in [-0.2, 0) is 19.4 Å². The summed E-state index contributed by atoms with van der Waals surface area (Å²) in [6, 6.07) is 8.33. The quantitative estimate of drug-likeness (QED) is 0.843. The minimum Gasteiger partial charge on any atom is -0.393 e. The van der Waals surface area contributed by atoms with Crippen molar-refractivity contribution in [2.45, 2.75) is 52.2 Å². The summed E-state index contributed by atoms with van der Waals surface area (Å²) in [5, 5.41) is 14.4. The highest BCUT2D eigenvalue weighted by atomic mass is 16.3. The summed E-state index contributed by atoms with van der Waals surface area (Å²) in [5.74, 6) is 0.879. The Kier molecular flexibility index (Phi) is 5.30. The maximum Gasteiger partial charge on any atom is 0.138 e. The first-order valence-electron chi connectivity index (χ1n) is 7.30. The molecule has 0 bridgehead atoms. The van der Waals surface area contributed by atoms with Gasteiger partial charge in [-0.25, -0.2) is 4.98 Å². The van der Waals surface area contributed by atoms with Crippen LogP contribution in [-0.4, -0.2) is 26.0 Å². The fraction of sp³-hybridized carbons (Fsp3) is 0.500. The number of benzene rings is 1. The minimum atomic E-state index is -0.366. The molecule has 0 amide bonds. The molecule has 1 aromatic heterocycles. The molecule has 4 nitrogen and oxygen atoms in total. The van der Waals surface area contributed by atoms with E-state index in [1.807, 2.05) is 16.8 Å². The van der Waals surface area contributed by atoms with Gasteiger partial charge >= 0.3 is 0 Å². The third-order valence-electron chi connectivity index (χ3n) is 3.56. The summed E-state index contributed by atoms with van der Waals surface area (Å²) in [7, 11) is 0. The van der Waals surface area contributed by atoms with E-state index in [2.05, 4.69) is 36.1 Å². The lowest BCUT2D eigenvalue weighted by Crippen LogP contribution is -2.16. The number of hydrogen-bond acceptors (Lipinski definition) is 3. The zero-order chi connectivity index (χ0) is 14.4. The fourth-order valence-corrected chi connectivity index (χ4v) is 2.37. The topological polar surface area (TPSA) is 50.9 Å². The molecule has 1 unspecified atom stereocenters. The first kappa shape index (κ1) is 14.7. The molecule has 0 fully saturated rings. The normalized spacial score (nSPS) is 12.6. The van der Waals surface area contributed by atoms with Gasteiger partial charge in [0.2, 0.25) is 0 Å². The molecule has 20 heavy (non-hydrogen) atoms. The van der Waals surface area contributed by atoms with Crippen LogP contribution < -0.4 is 0 Å². The van der Waals surface area contributed by atoms with Crippen LogP contribution in [0.15, 0.2) is 30.6 Å². The Labute approximate surface area is 120 Å². The van der Waals surface area contributed by atoms with E-state index >= 15 is 0 Å². The molecule has 0 spiro atoms. The lowest BCUT2D eigenvalue weighted by molar-refractivity contribution is 0.161. The molecule has 0 aliphatic rings. The van der Waals surface area contributed by atoms with E-state index in [-0.39, 0.29) is 6.10 Å². The van der Waals surface area contributed by atoms with Crippen molar-refractivity contribution in [2.75, 3.05) is 0 Å². The van der Waals surface area contributed by atoms with Crippen molar-refractivity contribution >= 4 is 0 Å². The second kappa shape index (κ2) is 7.20. The molecule has 0 saturated heterocycles. The van der Waals surface area contributed by atoms with Crippen LogP contribution in [0.4, 0.5) is 0 Å². The molecule has 1 atom stereocenters. The summed E-state index contributed by atoms with van der Waals surface area (Å²) in [6.45, 7) is 5.08. The van der Waals surface area contributed by atoms with Gasteiger partial charge in [-0.15, -0.1) is 0 Å². The van der Waals surface area contributed by atoms with E-state index in [0.29, 0.717) is 6.42 Å². The third kappa shape index (κ3) is 3.90. The smallest absolute Gasteiger partial charge is 0.138 e. The first-order valence-corrected chi connectivity index (χ1v) is 7.30. The van der Waals surface area contributed by atoms with Crippen LogP contribution in [0.3, 0.4) is 0 Å². The third-order valence-corrected chi connectivity index (χ3v) is 3.56. The highest BCUT2D eigenvalue weighted by molar-refractivity contribution is 5.25. The van der Waals surface area contributed by atoms with Crippen molar-refractivity contribution in [1.29, 1.82) is 0 Å². The number of rotatable bonds is 7. The van der Waals surface area contributed by atoms with Gasteiger partial charge in [-0.2, -0.15) is 5.10 Å². The number of nitrogens with zero attached hydrogens (tertiary/aromatic N) is 3. The fourth-order valence-electron chi connectivity index (χ4n) is 2.37. The van der Waals surface area contributed by atoms with Gasteiger partial charge in [0.1, 0.15) is 12.2 Å². The van der Waals surface area contributed by atoms with Gasteiger partial charge in [-0.3, -0.25) is 4.68 Å². The Morgan fingerprint density at radius 2 is 2.10 bits per heavy atom. The van der Waals surface area contributed by atoms with Crippen LogP contribution in [0.5, 0.6) is 0 Å². The maximum absolute atomic E-state index is 10.2. The second-order valence-electron chi connectivity index (χ2n) is 5.22. The van der Waals surface area contributed by atoms with Crippen LogP contribution in [0.2, 0.25) is 0 Å². The zero-order valence-corrected chi connectivity index (χ0v) is 12.3. The minimum absolute atomic E-state index is 0.366. The van der Waals surface area contributed by atoms with Crippen molar-refractivity contribution in [3.05, 3.63) is 47.5 Å². The van der Waals surface area contributed by atoms with E-state index in [1.165, 1.54) is 11.1 Å². The van der Waals surface area contributed by atoms with E-state index < -0.39 is 0 Å². The molecule has 2 aromatic rings. The second-order valence-corrected chi connectivity index (χ2v) is 5.22. The van der Waals surface area contributed by atoms with Gasteiger partial charge in [-0.1, -0.05) is 31.2 Å². The maximum atomic E-state index is 10.2. The highest BCUT2D eigenvalue weighted by Gasteiger charge is 2.11. The number of hydrogen-bond donors (Lipinski definition) is 1. The molecule has 4 heteroatoms. The molecule has 0 radical (unpaired) electrons. The van der Waals surface area contributed by atoms with Crippen LogP contribution in [0, 0.1) is 6.92 Å². The van der Waals surface area contributed by atoms with Crippen molar-refractivity contribution < 1.29 is 5.11 Å². The van der Waals surface area contributed by atoms with Crippen LogP contribution >= 0.6 is 0 Å². The Morgan fingerprint density at radius 3 is 2.85 bits per heavy atom. The Balaban J connectivity index is 1.88. The monoisotopic (exact) mass is 273 g/mol. The van der Waals surface area contributed by atoms with Crippen molar-refractivity contribution in [2.24, 2.45) is 0 Å². The number of aromatic nitrogens is 3. The molecule has 0 aliphatic heterocycles. The van der Waals surface area contributed by atoms with E-state index in [0.717, 1.165) is 31.6 Å². The largest absolute Gasteiger partial charge is 0.393 e. The van der Waals surface area contributed by atoms with Crippen molar-refractivity contribution in [3.8, 4) is 0 Å². The Bertz CT molecular complexity index is 536. The summed E-state index contributed by atoms with van der Waals surface area (Å²) in [4.78, 5) is 4.24. The van der Waals surface area contributed by atoms with Gasteiger partial charge in [0, 0.05) is 13.0 Å². The van der Waals surface area contributed by atoms with Gasteiger partial charge in [0.25, 0.3) is 0 Å². The van der Waals surface area contributed by atoms with Gasteiger partial charge in [-0.05, 0) is 37.3 Å². The average Bonchev–Trinajstić information content (AvgIpc) is 2.86. The average molecular weight is 273 g/mol. The lowest BCUT2D eigenvalue weighted by atomic mass is 10.0. The standard InChI is InChI=1S/C16H23N3O/c1-3-10-19-16(17-12-18-19)11-15(20)9-8-14-7-5-4-6-13(14)2/h4-7,12,15,20H,3,8-11H2,1-2H3. The lowest BCUT2D eigenvalue weighted by Gasteiger charge is -2.12. The van der Waals surface area contributed by atoms with E-state index in [1.54, 1.807) is 6.33 Å². The summed E-state index contributed by atoms with van der Waals surface area (Å²) in [5.41, 5.74) is 2.59. The number of aryl methyl sites for hydroxylation is 3. The molecular formula is C16H23N3O. The molecule has 1 aromatic carbocycles. The van der Waals surface area contributed by atoms with E-state index in [9.17, 15) is 5.11 Å². The number of aliphatic hydroxyl groups is 1. The van der Waals surface area contributed by atoms with Crippen LogP contribution in [0.1, 0.15) is 36.7 Å². The molecule has 0 aliphatic carbocycles. The van der Waals surface area contributed by atoms with Gasteiger partial charge in [0.15, 0.2) is 0 Å². The summed E-state index contributed by atoms with van der Waals surface area (Å²) < 4.78 is 1.89. The predicted molar refractivity (Wildman–Crippen MR) is 79.5 cm³/mol. The summed E-state index contributed by atoms with van der Waals surface area (Å²) >= 11 is 0. The van der Waals surface area contributed by atoms with E-state index in [4.69, 9.17) is 0 Å². The molecule has 1 N–H and O–H groups in total. The Hall–Kier alpha value is -1.68. The van der Waals surface area contributed by atoms with Crippen molar-refractivity contribution in [1.82, 2.24) is 14.8 Å². The highest BCUT2D eigenvalue weighted by Crippen LogP contribution is 2.12. The predicted octanol–water partition coefficient (Wildman–Crippen LogP) is 2.53. The van der Waals surface area contributed by atoms with Gasteiger partial charge in [0.05, 0.1) is 6.10 Å². The van der Waals surface area contributed by atoms with Gasteiger partial charge < -0.3 is 5.11 Å². The van der Waals surface area contributed by atoms with Crippen LogP contribution in [0.25, 0.3) is 0 Å². The molecule has 0 saturated carbocycles. The Morgan fingerprint density at radius 1 is 1.30 bits per heavy atom. The zero-order valence-electron chi connectivity index (χ0n) is 12.3. The SMILES string of the molecule is CCCn1ncnc1CC(O)CCc1ccccc1C. The molecule has 2 rings (SSSR count). The molecular weight excluding hydrogens is 250 g/mol. The summed E-state index contributed by atoms with van der Waals surface area (Å²) in [6.07, 6.45) is 4.45. The number of aliphatic hydroxyl groups excluding tert-OH is 1. The van der Waals surface area contributed by atoms with Crippen molar-refractivity contribution in [3.63, 3.8) is 0 Å².